The van der Waals surface area contributed by atoms with Gasteiger partial charge in [-0.25, -0.2) is 4.39 Å². The molecule has 1 N–H and O–H groups in total. The van der Waals surface area contributed by atoms with E-state index in [1.165, 1.54) is 34.4 Å². The van der Waals surface area contributed by atoms with Crippen molar-refractivity contribution >= 4 is 50.8 Å². The van der Waals surface area contributed by atoms with Gasteiger partial charge in [-0.2, -0.15) is 0 Å². The normalized spacial score (nSPS) is 11.3. The highest BCUT2D eigenvalue weighted by molar-refractivity contribution is 7.20. The molecule has 2 aromatic heterocycles. The highest BCUT2D eigenvalue weighted by Gasteiger charge is 2.17. The number of thiophene rings is 1. The number of carbonyl (C=O) groups is 2. The molecule has 0 aliphatic rings. The van der Waals surface area contributed by atoms with E-state index in [1.807, 2.05) is 38.4 Å². The van der Waals surface area contributed by atoms with E-state index in [0.29, 0.717) is 11.4 Å². The molecule has 9 heteroatoms. The van der Waals surface area contributed by atoms with Crippen molar-refractivity contribution in [1.82, 2.24) is 9.88 Å². The molecular weight excluding hydrogens is 503 g/mol. The number of hydrogen-bond donors (Lipinski definition) is 1. The lowest BCUT2D eigenvalue weighted by atomic mass is 10.2. The predicted molar refractivity (Wildman–Crippen MR) is 151 cm³/mol. The second kappa shape index (κ2) is 12.4. The molecule has 7 nitrogen and oxygen atoms in total. The minimum absolute atomic E-state index is 0.0202. The van der Waals surface area contributed by atoms with Crippen LogP contribution in [0, 0.1) is 5.82 Å². The SMILES string of the molecule is CN(C)CC/C=C\c1cc2nccc(Oc3ccc(NC(=O)CC(=O)N(C)c4ccccc4)cc3F)c2s1. The molecule has 2 heterocycles. The number of hydrogen-bond acceptors (Lipinski definition) is 6. The third-order valence-corrected chi connectivity index (χ3v) is 6.79. The summed E-state index contributed by atoms with van der Waals surface area (Å²) in [5.41, 5.74) is 1.69. The third kappa shape index (κ3) is 7.02. The number of rotatable bonds is 10. The molecule has 2 amide bonds. The van der Waals surface area contributed by atoms with Gasteiger partial charge in [-0.3, -0.25) is 14.6 Å². The molecule has 0 unspecified atom stereocenters. The van der Waals surface area contributed by atoms with Gasteiger partial charge >= 0.3 is 0 Å². The van der Waals surface area contributed by atoms with Crippen molar-refractivity contribution < 1.29 is 18.7 Å². The minimum Gasteiger partial charge on any atom is -0.453 e. The number of aromatic nitrogens is 1. The van der Waals surface area contributed by atoms with Crippen LogP contribution in [0.2, 0.25) is 0 Å². The summed E-state index contributed by atoms with van der Waals surface area (Å²) in [5, 5.41) is 2.57. The molecule has 0 aliphatic heterocycles. The monoisotopic (exact) mass is 532 g/mol. The topological polar surface area (TPSA) is 74.8 Å². The van der Waals surface area contributed by atoms with E-state index < -0.39 is 11.7 Å². The molecule has 0 radical (unpaired) electrons. The van der Waals surface area contributed by atoms with Crippen LogP contribution in [0.25, 0.3) is 16.3 Å². The molecular formula is C29H29FN4O3S. The van der Waals surface area contributed by atoms with Crippen molar-refractivity contribution in [3.05, 3.63) is 83.6 Å². The number of nitrogens with zero attached hydrogens (tertiary/aromatic N) is 3. The van der Waals surface area contributed by atoms with Crippen molar-refractivity contribution in [2.75, 3.05) is 37.9 Å². The van der Waals surface area contributed by atoms with E-state index in [1.54, 1.807) is 31.4 Å². The van der Waals surface area contributed by atoms with E-state index in [-0.39, 0.29) is 23.8 Å². The summed E-state index contributed by atoms with van der Waals surface area (Å²) >= 11 is 1.52. The minimum atomic E-state index is -0.638. The van der Waals surface area contributed by atoms with Crippen LogP contribution in [0.5, 0.6) is 11.5 Å². The van der Waals surface area contributed by atoms with Gasteiger partial charge in [0.2, 0.25) is 11.8 Å². The van der Waals surface area contributed by atoms with Gasteiger partial charge in [0.25, 0.3) is 0 Å². The Labute approximate surface area is 225 Å². The largest absolute Gasteiger partial charge is 0.453 e. The summed E-state index contributed by atoms with van der Waals surface area (Å²) in [5.74, 6) is -1.03. The van der Waals surface area contributed by atoms with Gasteiger partial charge in [-0.05, 0) is 56.9 Å². The number of ether oxygens (including phenoxy) is 1. The van der Waals surface area contributed by atoms with Crippen molar-refractivity contribution in [3.8, 4) is 11.5 Å². The fourth-order valence-corrected chi connectivity index (χ4v) is 4.66. The number of para-hydroxylation sites is 1. The van der Waals surface area contributed by atoms with Gasteiger partial charge < -0.3 is 19.9 Å². The van der Waals surface area contributed by atoms with Crippen LogP contribution in [-0.4, -0.2) is 49.4 Å². The number of benzene rings is 2. The van der Waals surface area contributed by atoms with Crippen LogP contribution in [0.4, 0.5) is 15.8 Å². The molecule has 0 spiro atoms. The lowest BCUT2D eigenvalue weighted by Crippen LogP contribution is -2.30. The summed E-state index contributed by atoms with van der Waals surface area (Å²) in [7, 11) is 5.67. The Morgan fingerprint density at radius 1 is 1.05 bits per heavy atom. The first-order chi connectivity index (χ1) is 18.3. The fourth-order valence-electron chi connectivity index (χ4n) is 3.66. The second-order valence-corrected chi connectivity index (χ2v) is 10.0. The summed E-state index contributed by atoms with van der Waals surface area (Å²) in [4.78, 5) is 33.8. The first-order valence-corrected chi connectivity index (χ1v) is 12.9. The van der Waals surface area contributed by atoms with Gasteiger partial charge in [0.15, 0.2) is 11.6 Å². The van der Waals surface area contributed by atoms with Crippen molar-refractivity contribution in [1.29, 1.82) is 0 Å². The zero-order valence-electron chi connectivity index (χ0n) is 21.5. The standard InChI is InChI=1S/C29H29FN4O3S/c1-33(2)16-8-7-11-22-18-24-29(38-22)26(14-15-31-24)37-25-13-12-20(17-23(25)30)32-27(35)19-28(36)34(3)21-9-5-4-6-10-21/h4-7,9-15,17-18H,8,16,19H2,1-3H3,(H,32,35)/b11-7-. The molecule has 0 atom stereocenters. The fraction of sp³-hybridized carbons (Fsp3) is 0.207. The molecule has 0 bridgehead atoms. The van der Waals surface area contributed by atoms with Crippen LogP contribution in [0.15, 0.2) is 72.9 Å². The van der Waals surface area contributed by atoms with Crippen LogP contribution in [0.3, 0.4) is 0 Å². The van der Waals surface area contributed by atoms with Crippen LogP contribution >= 0.6 is 11.3 Å². The second-order valence-electron chi connectivity index (χ2n) is 8.93. The zero-order valence-corrected chi connectivity index (χ0v) is 22.3. The van der Waals surface area contributed by atoms with E-state index in [0.717, 1.165) is 28.1 Å². The first kappa shape index (κ1) is 27.0. The van der Waals surface area contributed by atoms with Crippen LogP contribution in [-0.2, 0) is 9.59 Å². The number of carbonyl (C=O) groups excluding carboxylic acids is 2. The van der Waals surface area contributed by atoms with Gasteiger partial charge in [0.05, 0.1) is 10.2 Å². The Kier molecular flexibility index (Phi) is 8.83. The quantitative estimate of drug-likeness (QED) is 0.247. The van der Waals surface area contributed by atoms with E-state index in [4.69, 9.17) is 4.74 Å². The summed E-state index contributed by atoms with van der Waals surface area (Å²) < 4.78 is 21.6. The Balaban J connectivity index is 1.40. The van der Waals surface area contributed by atoms with Gasteiger partial charge in [-0.15, -0.1) is 11.3 Å². The van der Waals surface area contributed by atoms with Gasteiger partial charge in [0, 0.05) is 48.2 Å². The number of amides is 2. The highest BCUT2D eigenvalue weighted by Crippen LogP contribution is 2.36. The molecule has 0 aliphatic carbocycles. The number of anilines is 2. The first-order valence-electron chi connectivity index (χ1n) is 12.1. The van der Waals surface area contributed by atoms with Crippen LogP contribution < -0.4 is 15.0 Å². The number of halogens is 1. The Morgan fingerprint density at radius 3 is 2.58 bits per heavy atom. The van der Waals surface area contributed by atoms with Gasteiger partial charge in [-0.1, -0.05) is 24.3 Å². The van der Waals surface area contributed by atoms with E-state index >= 15 is 0 Å². The lowest BCUT2D eigenvalue weighted by Gasteiger charge is -2.17. The highest BCUT2D eigenvalue weighted by atomic mass is 32.1. The zero-order chi connectivity index (χ0) is 27.1. The van der Waals surface area contributed by atoms with Crippen molar-refractivity contribution in [2.45, 2.75) is 12.8 Å². The Bertz CT molecular complexity index is 1450. The molecule has 2 aromatic carbocycles. The number of nitrogens with one attached hydrogen (secondary N) is 1. The average Bonchev–Trinajstić information content (AvgIpc) is 3.32. The molecule has 0 saturated carbocycles. The van der Waals surface area contributed by atoms with Crippen molar-refractivity contribution in [3.63, 3.8) is 0 Å². The Morgan fingerprint density at radius 2 is 1.84 bits per heavy atom. The van der Waals surface area contributed by atoms with E-state index in [9.17, 15) is 14.0 Å². The molecule has 196 valence electrons. The third-order valence-electron chi connectivity index (χ3n) is 5.68. The maximum Gasteiger partial charge on any atom is 0.236 e. The lowest BCUT2D eigenvalue weighted by molar-refractivity contribution is -0.125. The van der Waals surface area contributed by atoms with Crippen LogP contribution in [0.1, 0.15) is 17.7 Å². The summed E-state index contributed by atoms with van der Waals surface area (Å²) in [6, 6.07) is 16.9. The summed E-state index contributed by atoms with van der Waals surface area (Å²) in [6.07, 6.45) is 6.36. The smallest absolute Gasteiger partial charge is 0.236 e. The predicted octanol–water partition coefficient (Wildman–Crippen LogP) is 6.18. The molecule has 4 aromatic rings. The maximum atomic E-state index is 14.9. The number of pyridine rings is 1. The van der Waals surface area contributed by atoms with Gasteiger partial charge in [0.1, 0.15) is 12.2 Å². The molecule has 0 fully saturated rings. The maximum absolute atomic E-state index is 14.9. The van der Waals surface area contributed by atoms with Crippen molar-refractivity contribution in [2.24, 2.45) is 0 Å². The Hall–Kier alpha value is -4.08. The molecule has 38 heavy (non-hydrogen) atoms. The molecule has 4 rings (SSSR count). The summed E-state index contributed by atoms with van der Waals surface area (Å²) in [6.45, 7) is 0.963. The van der Waals surface area contributed by atoms with E-state index in [2.05, 4.69) is 27.4 Å². The number of fused-ring (bicyclic) bond motifs is 1. The average molecular weight is 533 g/mol. The molecule has 0 saturated heterocycles.